The van der Waals surface area contributed by atoms with E-state index in [-0.39, 0.29) is 5.92 Å². The van der Waals surface area contributed by atoms with Gasteiger partial charge in [-0.25, -0.2) is 9.59 Å². The first-order valence-corrected chi connectivity index (χ1v) is 6.81. The molecule has 0 radical (unpaired) electrons. The average Bonchev–Trinajstić information content (AvgIpc) is 2.31. The molecule has 0 saturated heterocycles. The lowest BCUT2D eigenvalue weighted by Crippen LogP contribution is -2.61. The summed E-state index contributed by atoms with van der Waals surface area (Å²) in [6, 6.07) is -0.409. The van der Waals surface area contributed by atoms with Crippen LogP contribution in [0.2, 0.25) is 0 Å². The Kier molecular flexibility index (Phi) is 5.39. The molecule has 1 aliphatic carbocycles. The maximum absolute atomic E-state index is 11.8. The number of amides is 2. The van der Waals surface area contributed by atoms with E-state index in [1.165, 1.54) is 0 Å². The third kappa shape index (κ3) is 3.98. The zero-order valence-corrected chi connectivity index (χ0v) is 12.0. The van der Waals surface area contributed by atoms with Crippen molar-refractivity contribution in [2.45, 2.75) is 52.0 Å². The Hall–Kier alpha value is -1.52. The zero-order chi connectivity index (χ0) is 14.5. The molecule has 0 aromatic heterocycles. The summed E-state index contributed by atoms with van der Waals surface area (Å²) in [7, 11) is 0. The molecule has 0 heterocycles. The summed E-state index contributed by atoms with van der Waals surface area (Å²) < 4.78 is 0. The fraction of sp³-hybridized carbons (Fsp3) is 0.714. The first-order chi connectivity index (χ1) is 8.88. The van der Waals surface area contributed by atoms with Crippen LogP contribution in [0.4, 0.5) is 4.79 Å². The molecule has 2 unspecified atom stereocenters. The van der Waals surface area contributed by atoms with Gasteiger partial charge in [-0.2, -0.15) is 0 Å². The maximum Gasteiger partial charge on any atom is 0.329 e. The van der Waals surface area contributed by atoms with Gasteiger partial charge in [0, 0.05) is 6.54 Å². The SMILES string of the molecule is CC(C)=CCNC(=O)NC1(C(=O)O)CCCCC1C. The number of nitrogens with one attached hydrogen (secondary N) is 2. The molecule has 0 aromatic rings. The second-order valence-corrected chi connectivity index (χ2v) is 5.54. The first kappa shape index (κ1) is 15.5. The topological polar surface area (TPSA) is 78.4 Å². The van der Waals surface area contributed by atoms with E-state index < -0.39 is 17.5 Å². The van der Waals surface area contributed by atoms with Gasteiger partial charge in [0.05, 0.1) is 0 Å². The molecule has 108 valence electrons. The average molecular weight is 268 g/mol. The maximum atomic E-state index is 11.8. The van der Waals surface area contributed by atoms with Crippen molar-refractivity contribution in [1.29, 1.82) is 0 Å². The van der Waals surface area contributed by atoms with Crippen molar-refractivity contribution >= 4 is 12.0 Å². The highest BCUT2D eigenvalue weighted by molar-refractivity contribution is 5.86. The van der Waals surface area contributed by atoms with Gasteiger partial charge in [-0.1, -0.05) is 31.4 Å². The van der Waals surface area contributed by atoms with E-state index in [1.54, 1.807) is 0 Å². The van der Waals surface area contributed by atoms with Crippen molar-refractivity contribution in [3.63, 3.8) is 0 Å². The number of allylic oxidation sites excluding steroid dienone is 1. The van der Waals surface area contributed by atoms with Gasteiger partial charge in [0.25, 0.3) is 0 Å². The fourth-order valence-electron chi connectivity index (χ4n) is 2.50. The molecule has 5 nitrogen and oxygen atoms in total. The van der Waals surface area contributed by atoms with Crippen molar-refractivity contribution in [2.24, 2.45) is 5.92 Å². The number of aliphatic carboxylic acids is 1. The molecular formula is C14H24N2O3. The molecule has 2 amide bonds. The Bertz CT molecular complexity index is 375. The van der Waals surface area contributed by atoms with Crippen molar-refractivity contribution in [1.82, 2.24) is 10.6 Å². The molecule has 0 aromatic carbocycles. The van der Waals surface area contributed by atoms with Crippen LogP contribution in [0.1, 0.15) is 46.5 Å². The van der Waals surface area contributed by atoms with Crippen LogP contribution in [0, 0.1) is 5.92 Å². The van der Waals surface area contributed by atoms with Crippen molar-refractivity contribution in [3.05, 3.63) is 11.6 Å². The first-order valence-electron chi connectivity index (χ1n) is 6.81. The Balaban J connectivity index is 2.66. The van der Waals surface area contributed by atoms with Gasteiger partial charge in [0.1, 0.15) is 5.54 Å². The van der Waals surface area contributed by atoms with Gasteiger partial charge >= 0.3 is 12.0 Å². The predicted molar refractivity (Wildman–Crippen MR) is 74.0 cm³/mol. The monoisotopic (exact) mass is 268 g/mol. The summed E-state index contributed by atoms with van der Waals surface area (Å²) >= 11 is 0. The molecule has 0 aliphatic heterocycles. The summed E-state index contributed by atoms with van der Waals surface area (Å²) in [5, 5.41) is 14.8. The van der Waals surface area contributed by atoms with Crippen molar-refractivity contribution in [2.75, 3.05) is 6.54 Å². The van der Waals surface area contributed by atoms with Gasteiger partial charge < -0.3 is 15.7 Å². The number of carbonyl (C=O) groups is 2. The van der Waals surface area contributed by atoms with E-state index in [1.807, 2.05) is 26.8 Å². The van der Waals surface area contributed by atoms with E-state index in [4.69, 9.17) is 0 Å². The second-order valence-electron chi connectivity index (χ2n) is 5.54. The summed E-state index contributed by atoms with van der Waals surface area (Å²) in [6.07, 6.45) is 5.08. The molecule has 0 bridgehead atoms. The summed E-state index contributed by atoms with van der Waals surface area (Å²) in [4.78, 5) is 23.4. The van der Waals surface area contributed by atoms with Gasteiger partial charge in [0.15, 0.2) is 0 Å². The molecule has 1 aliphatic rings. The highest BCUT2D eigenvalue weighted by Crippen LogP contribution is 2.33. The molecule has 0 spiro atoms. The van der Waals surface area contributed by atoms with Crippen molar-refractivity contribution < 1.29 is 14.7 Å². The minimum Gasteiger partial charge on any atom is -0.479 e. The minimum atomic E-state index is -1.12. The standard InChI is InChI=1S/C14H24N2O3/c1-10(2)7-9-15-13(19)16-14(12(17)18)8-5-4-6-11(14)3/h7,11H,4-6,8-9H2,1-3H3,(H,17,18)(H2,15,16,19). The summed E-state index contributed by atoms with van der Waals surface area (Å²) in [5.74, 6) is -0.981. The van der Waals surface area contributed by atoms with Gasteiger partial charge in [-0.05, 0) is 32.6 Å². The highest BCUT2D eigenvalue weighted by atomic mass is 16.4. The third-order valence-corrected chi connectivity index (χ3v) is 3.79. The van der Waals surface area contributed by atoms with Crippen molar-refractivity contribution in [3.8, 4) is 0 Å². The van der Waals surface area contributed by atoms with E-state index >= 15 is 0 Å². The lowest BCUT2D eigenvalue weighted by molar-refractivity contribution is -0.148. The van der Waals surface area contributed by atoms with Crippen LogP contribution in [-0.4, -0.2) is 29.2 Å². The number of hydrogen-bond acceptors (Lipinski definition) is 2. The molecule has 3 N–H and O–H groups in total. The fourth-order valence-corrected chi connectivity index (χ4v) is 2.50. The largest absolute Gasteiger partial charge is 0.479 e. The quantitative estimate of drug-likeness (QED) is 0.684. The second kappa shape index (κ2) is 6.59. The lowest BCUT2D eigenvalue weighted by Gasteiger charge is -2.39. The third-order valence-electron chi connectivity index (χ3n) is 3.79. The number of urea groups is 1. The van der Waals surface area contributed by atoms with E-state index in [2.05, 4.69) is 10.6 Å². The summed E-state index contributed by atoms with van der Waals surface area (Å²) in [5.41, 5.74) is -0.00730. The van der Waals surface area contributed by atoms with Crippen LogP contribution in [0.15, 0.2) is 11.6 Å². The molecular weight excluding hydrogens is 244 g/mol. The molecule has 5 heteroatoms. The zero-order valence-electron chi connectivity index (χ0n) is 12.0. The molecule has 1 rings (SSSR count). The van der Waals surface area contributed by atoms with Crippen LogP contribution in [0.3, 0.4) is 0 Å². The Labute approximate surface area is 114 Å². The summed E-state index contributed by atoms with van der Waals surface area (Å²) in [6.45, 7) is 6.20. The minimum absolute atomic E-state index is 0.0482. The number of hydrogen-bond donors (Lipinski definition) is 3. The van der Waals surface area contributed by atoms with Crippen LogP contribution in [0.25, 0.3) is 0 Å². The van der Waals surface area contributed by atoms with Gasteiger partial charge in [-0.3, -0.25) is 0 Å². The normalized spacial score (nSPS) is 26.4. The van der Waals surface area contributed by atoms with Crippen LogP contribution in [0.5, 0.6) is 0 Å². The Morgan fingerprint density at radius 3 is 2.58 bits per heavy atom. The van der Waals surface area contributed by atoms with Crippen LogP contribution in [-0.2, 0) is 4.79 Å². The number of carbonyl (C=O) groups excluding carboxylic acids is 1. The number of carboxylic acid groups (broad SMARTS) is 1. The lowest BCUT2D eigenvalue weighted by atomic mass is 9.73. The molecule has 1 fully saturated rings. The van der Waals surface area contributed by atoms with E-state index in [9.17, 15) is 14.7 Å². The smallest absolute Gasteiger partial charge is 0.329 e. The predicted octanol–water partition coefficient (Wildman–Crippen LogP) is 2.29. The van der Waals surface area contributed by atoms with E-state index in [0.717, 1.165) is 24.8 Å². The Morgan fingerprint density at radius 2 is 2.05 bits per heavy atom. The van der Waals surface area contributed by atoms with Gasteiger partial charge in [0.2, 0.25) is 0 Å². The van der Waals surface area contributed by atoms with E-state index in [0.29, 0.717) is 13.0 Å². The molecule has 19 heavy (non-hydrogen) atoms. The van der Waals surface area contributed by atoms with Crippen LogP contribution < -0.4 is 10.6 Å². The molecule has 2 atom stereocenters. The van der Waals surface area contributed by atoms with Crippen LogP contribution >= 0.6 is 0 Å². The number of carboxylic acids is 1. The number of rotatable bonds is 4. The van der Waals surface area contributed by atoms with Gasteiger partial charge in [-0.15, -0.1) is 0 Å². The Morgan fingerprint density at radius 1 is 1.37 bits per heavy atom. The highest BCUT2D eigenvalue weighted by Gasteiger charge is 2.46. The molecule has 1 saturated carbocycles.